The van der Waals surface area contributed by atoms with Gasteiger partial charge in [-0.1, -0.05) is 18.2 Å². The van der Waals surface area contributed by atoms with Gasteiger partial charge in [-0.05, 0) is 36.8 Å². The zero-order valence-electron chi connectivity index (χ0n) is 18.0. The first-order chi connectivity index (χ1) is 15.9. The molecule has 172 valence electrons. The lowest BCUT2D eigenvalue weighted by atomic mass is 9.91. The summed E-state index contributed by atoms with van der Waals surface area (Å²) < 4.78 is 24.7. The van der Waals surface area contributed by atoms with E-state index in [0.29, 0.717) is 48.9 Å². The summed E-state index contributed by atoms with van der Waals surface area (Å²) in [6.07, 6.45) is 0. The topological polar surface area (TPSA) is 91.4 Å². The van der Waals surface area contributed by atoms with E-state index in [0.717, 1.165) is 4.90 Å². The summed E-state index contributed by atoms with van der Waals surface area (Å²) in [4.78, 5) is 43.1. The van der Waals surface area contributed by atoms with Crippen molar-refractivity contribution in [2.24, 2.45) is 0 Å². The molecule has 2 saturated heterocycles. The fourth-order valence-electron chi connectivity index (χ4n) is 4.38. The molecule has 0 saturated carbocycles. The van der Waals surface area contributed by atoms with Crippen LogP contribution in [0.15, 0.2) is 42.5 Å². The molecule has 1 N–H and O–H groups in total. The van der Waals surface area contributed by atoms with E-state index in [-0.39, 0.29) is 25.1 Å². The number of rotatable bonds is 4. The molecular formula is C23H23FN4O5. The normalized spacial score (nSPS) is 22.1. The number of hydrogen-bond acceptors (Lipinski definition) is 6. The summed E-state index contributed by atoms with van der Waals surface area (Å²) in [5, 5.41) is 2.70. The van der Waals surface area contributed by atoms with Gasteiger partial charge in [0.05, 0.1) is 5.69 Å². The van der Waals surface area contributed by atoms with Crippen LogP contribution in [0.25, 0.3) is 0 Å². The Hall–Kier alpha value is -3.82. The summed E-state index contributed by atoms with van der Waals surface area (Å²) in [5.74, 6) is -0.0792. The van der Waals surface area contributed by atoms with Gasteiger partial charge in [0.25, 0.3) is 5.91 Å². The van der Waals surface area contributed by atoms with E-state index in [1.807, 2.05) is 4.90 Å². The largest absolute Gasteiger partial charge is 0.454 e. The van der Waals surface area contributed by atoms with Crippen LogP contribution in [-0.2, 0) is 15.1 Å². The lowest BCUT2D eigenvalue weighted by molar-refractivity contribution is -0.139. The van der Waals surface area contributed by atoms with Crippen LogP contribution in [0, 0.1) is 5.82 Å². The van der Waals surface area contributed by atoms with E-state index in [4.69, 9.17) is 9.47 Å². The number of carbonyl (C=O) groups excluding carboxylic acids is 3. The fraction of sp³-hybridized carbons (Fsp3) is 0.348. The van der Waals surface area contributed by atoms with Crippen LogP contribution in [0.3, 0.4) is 0 Å². The molecule has 2 aromatic rings. The fourth-order valence-corrected chi connectivity index (χ4v) is 4.38. The van der Waals surface area contributed by atoms with Gasteiger partial charge in [-0.15, -0.1) is 0 Å². The predicted molar refractivity (Wildman–Crippen MR) is 115 cm³/mol. The predicted octanol–water partition coefficient (Wildman–Crippen LogP) is 1.67. The number of amides is 4. The Morgan fingerprint density at radius 1 is 1.06 bits per heavy atom. The number of hydrogen-bond donors (Lipinski definition) is 1. The molecule has 1 atom stereocenters. The molecule has 0 aromatic heterocycles. The third-order valence-corrected chi connectivity index (χ3v) is 6.34. The summed E-state index contributed by atoms with van der Waals surface area (Å²) in [5.41, 5.74) is -0.279. The van der Waals surface area contributed by atoms with Crippen LogP contribution in [0.5, 0.6) is 11.5 Å². The van der Waals surface area contributed by atoms with E-state index >= 15 is 0 Å². The average Bonchev–Trinajstić information content (AvgIpc) is 3.38. The summed E-state index contributed by atoms with van der Waals surface area (Å²) >= 11 is 0. The third kappa shape index (κ3) is 3.61. The van der Waals surface area contributed by atoms with E-state index < -0.39 is 17.5 Å². The van der Waals surface area contributed by atoms with Crippen LogP contribution in [0.1, 0.15) is 12.5 Å². The Bertz CT molecular complexity index is 1130. The highest BCUT2D eigenvalue weighted by atomic mass is 19.1. The van der Waals surface area contributed by atoms with Gasteiger partial charge in [0, 0.05) is 26.2 Å². The summed E-state index contributed by atoms with van der Waals surface area (Å²) in [7, 11) is 0. The number of halogens is 1. The first kappa shape index (κ1) is 21.0. The number of ether oxygens (including phenoxy) is 2. The number of imide groups is 1. The molecule has 3 aliphatic heterocycles. The van der Waals surface area contributed by atoms with Crippen LogP contribution in [-0.4, -0.2) is 67.2 Å². The van der Waals surface area contributed by atoms with Crippen molar-refractivity contribution in [2.75, 3.05) is 44.4 Å². The number of piperazine rings is 1. The molecule has 3 aliphatic rings. The number of para-hydroxylation sites is 1. The van der Waals surface area contributed by atoms with Crippen molar-refractivity contribution in [3.63, 3.8) is 0 Å². The highest BCUT2D eigenvalue weighted by molar-refractivity contribution is 6.09. The number of fused-ring (bicyclic) bond motifs is 1. The summed E-state index contributed by atoms with van der Waals surface area (Å²) in [6, 6.07) is 10.9. The number of nitrogens with zero attached hydrogens (tertiary/aromatic N) is 3. The first-order valence-corrected chi connectivity index (χ1v) is 10.7. The molecule has 0 aliphatic carbocycles. The molecule has 3 heterocycles. The van der Waals surface area contributed by atoms with Crippen molar-refractivity contribution in [1.29, 1.82) is 0 Å². The molecule has 4 amide bonds. The Morgan fingerprint density at radius 2 is 1.79 bits per heavy atom. The SMILES string of the molecule is C[C@]1(c2ccc3c(c2)OCO3)NC(=O)N(CC(=O)N2CCN(c3ccccc3F)CC2)C1=O. The Kier molecular flexibility index (Phi) is 5.07. The van der Waals surface area contributed by atoms with Crippen molar-refractivity contribution in [2.45, 2.75) is 12.5 Å². The van der Waals surface area contributed by atoms with Gasteiger partial charge < -0.3 is 24.6 Å². The quantitative estimate of drug-likeness (QED) is 0.707. The lowest BCUT2D eigenvalue weighted by Gasteiger charge is -2.36. The Balaban J connectivity index is 1.24. The second-order valence-electron chi connectivity index (χ2n) is 8.33. The molecule has 0 unspecified atom stereocenters. The first-order valence-electron chi connectivity index (χ1n) is 10.7. The van der Waals surface area contributed by atoms with Crippen molar-refractivity contribution >= 4 is 23.5 Å². The van der Waals surface area contributed by atoms with Gasteiger partial charge in [-0.2, -0.15) is 0 Å². The smallest absolute Gasteiger partial charge is 0.325 e. The standard InChI is InChI=1S/C23H23FN4O5/c1-23(15-6-7-18-19(12-15)33-14-32-18)21(30)28(22(31)25-23)13-20(29)27-10-8-26(9-11-27)17-5-3-2-4-16(17)24/h2-7,12H,8-11,13-14H2,1H3,(H,25,31)/t23-/m1/s1. The second kappa shape index (κ2) is 7.95. The van der Waals surface area contributed by atoms with Crippen LogP contribution in [0.4, 0.5) is 14.9 Å². The number of benzene rings is 2. The molecule has 2 aromatic carbocycles. The zero-order chi connectivity index (χ0) is 23.2. The van der Waals surface area contributed by atoms with Crippen LogP contribution < -0.4 is 19.7 Å². The minimum atomic E-state index is -1.32. The number of nitrogens with one attached hydrogen (secondary N) is 1. The van der Waals surface area contributed by atoms with Crippen LogP contribution >= 0.6 is 0 Å². The van der Waals surface area contributed by atoms with Crippen molar-refractivity contribution in [1.82, 2.24) is 15.1 Å². The maximum atomic E-state index is 14.0. The van der Waals surface area contributed by atoms with E-state index in [1.54, 1.807) is 48.2 Å². The van der Waals surface area contributed by atoms with Gasteiger partial charge in [0.2, 0.25) is 12.7 Å². The minimum absolute atomic E-state index is 0.0978. The molecule has 2 fully saturated rings. The van der Waals surface area contributed by atoms with Crippen molar-refractivity contribution in [3.8, 4) is 11.5 Å². The maximum absolute atomic E-state index is 14.0. The van der Waals surface area contributed by atoms with E-state index in [2.05, 4.69) is 5.32 Å². The molecule has 10 heteroatoms. The lowest BCUT2D eigenvalue weighted by Crippen LogP contribution is -2.52. The molecule has 0 spiro atoms. The summed E-state index contributed by atoms with van der Waals surface area (Å²) in [6.45, 7) is 3.00. The van der Waals surface area contributed by atoms with Gasteiger partial charge in [0.1, 0.15) is 17.9 Å². The van der Waals surface area contributed by atoms with E-state index in [9.17, 15) is 18.8 Å². The molecule has 9 nitrogen and oxygen atoms in total. The Morgan fingerprint density at radius 3 is 2.55 bits per heavy atom. The highest BCUT2D eigenvalue weighted by Crippen LogP contribution is 2.37. The Labute approximate surface area is 189 Å². The molecular weight excluding hydrogens is 431 g/mol. The number of carbonyl (C=O) groups is 3. The van der Waals surface area contributed by atoms with Gasteiger partial charge >= 0.3 is 6.03 Å². The second-order valence-corrected chi connectivity index (χ2v) is 8.33. The van der Waals surface area contributed by atoms with Crippen LogP contribution in [0.2, 0.25) is 0 Å². The average molecular weight is 454 g/mol. The van der Waals surface area contributed by atoms with E-state index in [1.165, 1.54) is 6.07 Å². The van der Waals surface area contributed by atoms with Crippen molar-refractivity contribution < 1.29 is 28.2 Å². The van der Waals surface area contributed by atoms with Crippen molar-refractivity contribution in [3.05, 3.63) is 53.8 Å². The monoisotopic (exact) mass is 454 g/mol. The molecule has 5 rings (SSSR count). The minimum Gasteiger partial charge on any atom is -0.454 e. The van der Waals surface area contributed by atoms with Gasteiger partial charge in [-0.25, -0.2) is 9.18 Å². The van der Waals surface area contributed by atoms with Gasteiger partial charge in [0.15, 0.2) is 11.5 Å². The molecule has 0 radical (unpaired) electrons. The number of anilines is 1. The molecule has 33 heavy (non-hydrogen) atoms. The van der Waals surface area contributed by atoms with Gasteiger partial charge in [-0.3, -0.25) is 14.5 Å². The molecule has 0 bridgehead atoms. The maximum Gasteiger partial charge on any atom is 0.325 e. The number of urea groups is 1. The highest BCUT2D eigenvalue weighted by Gasteiger charge is 2.50. The third-order valence-electron chi connectivity index (χ3n) is 6.34. The zero-order valence-corrected chi connectivity index (χ0v) is 18.0.